The average Bonchev–Trinajstić information content (AvgIpc) is 2.04. The molecular weight excluding hydrogens is 152 g/mol. The Morgan fingerprint density at radius 2 is 2.25 bits per heavy atom. The first-order valence-electron chi connectivity index (χ1n) is 4.18. The van der Waals surface area contributed by atoms with Crippen LogP contribution >= 0.6 is 0 Å². The van der Waals surface area contributed by atoms with Crippen LogP contribution in [0.2, 0.25) is 0 Å². The summed E-state index contributed by atoms with van der Waals surface area (Å²) in [5.41, 5.74) is 1.86. The van der Waals surface area contributed by atoms with Crippen LogP contribution in [0, 0.1) is 6.92 Å². The molecule has 0 radical (unpaired) electrons. The maximum absolute atomic E-state index is 9.34. The molecule has 3 heteroatoms. The average molecular weight is 166 g/mol. The van der Waals surface area contributed by atoms with Crippen LogP contribution in [0.25, 0.3) is 0 Å². The van der Waals surface area contributed by atoms with Gasteiger partial charge in [-0.3, -0.25) is 0 Å². The maximum Gasteiger partial charge on any atom is 0.115 e. The summed E-state index contributed by atoms with van der Waals surface area (Å²) in [6.07, 6.45) is 2.65. The summed E-state index contributed by atoms with van der Waals surface area (Å²) in [6.45, 7) is 3.88. The summed E-state index contributed by atoms with van der Waals surface area (Å²) in [6, 6.07) is 1.90. The molecule has 1 aromatic rings. The van der Waals surface area contributed by atoms with Crippen molar-refractivity contribution in [2.75, 3.05) is 0 Å². The molecule has 0 bridgehead atoms. The second kappa shape index (κ2) is 4.16. The van der Waals surface area contributed by atoms with Crippen molar-refractivity contribution in [1.82, 2.24) is 9.97 Å². The third-order valence-corrected chi connectivity index (χ3v) is 1.78. The Balaban J connectivity index is 2.63. The molecule has 0 aliphatic heterocycles. The van der Waals surface area contributed by atoms with Gasteiger partial charge in [0, 0.05) is 17.8 Å². The summed E-state index contributed by atoms with van der Waals surface area (Å²) < 4.78 is 0. The van der Waals surface area contributed by atoms with Gasteiger partial charge in [-0.1, -0.05) is 6.92 Å². The highest BCUT2D eigenvalue weighted by molar-refractivity contribution is 5.07. The van der Waals surface area contributed by atoms with Gasteiger partial charge in [-0.05, 0) is 19.4 Å². The molecule has 1 unspecified atom stereocenters. The van der Waals surface area contributed by atoms with Crippen LogP contribution in [0.3, 0.4) is 0 Å². The highest BCUT2D eigenvalue weighted by Gasteiger charge is 2.03. The Morgan fingerprint density at radius 1 is 1.50 bits per heavy atom. The predicted octanol–water partition coefficient (Wildman–Crippen LogP) is 1.10. The van der Waals surface area contributed by atoms with E-state index >= 15 is 0 Å². The molecule has 1 atom stereocenters. The lowest BCUT2D eigenvalue weighted by Crippen LogP contribution is -2.09. The van der Waals surface area contributed by atoms with E-state index in [1.54, 1.807) is 0 Å². The molecule has 0 saturated heterocycles. The number of hydrogen-bond acceptors (Lipinski definition) is 3. The summed E-state index contributed by atoms with van der Waals surface area (Å²) in [5, 5.41) is 9.34. The molecule has 0 aromatic carbocycles. The second-order valence-electron chi connectivity index (χ2n) is 2.92. The van der Waals surface area contributed by atoms with Crippen LogP contribution in [0.15, 0.2) is 12.4 Å². The van der Waals surface area contributed by atoms with E-state index in [4.69, 9.17) is 0 Å². The van der Waals surface area contributed by atoms with Crippen molar-refractivity contribution in [2.45, 2.75) is 32.8 Å². The van der Waals surface area contributed by atoms with Crippen LogP contribution in [0.4, 0.5) is 0 Å². The van der Waals surface area contributed by atoms with Gasteiger partial charge in [0.15, 0.2) is 0 Å². The fraction of sp³-hybridized carbons (Fsp3) is 0.556. The number of hydrogen-bond donors (Lipinski definition) is 1. The molecule has 0 aliphatic carbocycles. The van der Waals surface area contributed by atoms with Crippen molar-refractivity contribution in [2.24, 2.45) is 0 Å². The topological polar surface area (TPSA) is 46.0 Å². The summed E-state index contributed by atoms with van der Waals surface area (Å²) in [5.74, 6) is 0. The van der Waals surface area contributed by atoms with Gasteiger partial charge in [0.25, 0.3) is 0 Å². The zero-order chi connectivity index (χ0) is 8.97. The summed E-state index contributed by atoms with van der Waals surface area (Å²) in [7, 11) is 0. The van der Waals surface area contributed by atoms with Gasteiger partial charge in [-0.25, -0.2) is 9.97 Å². The number of aromatic nitrogens is 2. The number of aliphatic hydroxyl groups is 1. The van der Waals surface area contributed by atoms with E-state index < -0.39 is 0 Å². The zero-order valence-corrected chi connectivity index (χ0v) is 7.49. The number of nitrogens with zero attached hydrogens (tertiary/aromatic N) is 2. The molecule has 0 amide bonds. The standard InChI is InChI=1S/C9H14N2O/c1-3-9(12)5-8-4-7(2)10-6-11-8/h4,6,9,12H,3,5H2,1-2H3. The van der Waals surface area contributed by atoms with E-state index in [9.17, 15) is 5.11 Å². The van der Waals surface area contributed by atoms with E-state index in [1.807, 2.05) is 19.9 Å². The first kappa shape index (κ1) is 9.13. The van der Waals surface area contributed by atoms with E-state index in [1.165, 1.54) is 6.33 Å². The van der Waals surface area contributed by atoms with Gasteiger partial charge in [-0.15, -0.1) is 0 Å². The number of rotatable bonds is 3. The van der Waals surface area contributed by atoms with Crippen molar-refractivity contribution in [3.8, 4) is 0 Å². The minimum absolute atomic E-state index is 0.278. The Kier molecular flexibility index (Phi) is 3.17. The molecular formula is C9H14N2O. The van der Waals surface area contributed by atoms with Crippen LogP contribution in [0.5, 0.6) is 0 Å². The molecule has 1 rings (SSSR count). The Bertz CT molecular complexity index is 250. The van der Waals surface area contributed by atoms with E-state index in [2.05, 4.69) is 9.97 Å². The molecule has 0 fully saturated rings. The van der Waals surface area contributed by atoms with E-state index in [0.29, 0.717) is 6.42 Å². The van der Waals surface area contributed by atoms with Crippen molar-refractivity contribution in [3.05, 3.63) is 23.8 Å². The number of aliphatic hydroxyl groups excluding tert-OH is 1. The van der Waals surface area contributed by atoms with Crippen molar-refractivity contribution in [3.63, 3.8) is 0 Å². The molecule has 0 spiro atoms. The third-order valence-electron chi connectivity index (χ3n) is 1.78. The van der Waals surface area contributed by atoms with Gasteiger partial charge in [0.2, 0.25) is 0 Å². The maximum atomic E-state index is 9.34. The minimum Gasteiger partial charge on any atom is -0.393 e. The molecule has 1 aromatic heterocycles. The Hall–Kier alpha value is -0.960. The SMILES string of the molecule is CCC(O)Cc1cc(C)ncn1. The summed E-state index contributed by atoms with van der Waals surface area (Å²) >= 11 is 0. The fourth-order valence-corrected chi connectivity index (χ4v) is 1.01. The smallest absolute Gasteiger partial charge is 0.115 e. The largest absolute Gasteiger partial charge is 0.393 e. The highest BCUT2D eigenvalue weighted by atomic mass is 16.3. The normalized spacial score (nSPS) is 12.9. The lowest BCUT2D eigenvalue weighted by Gasteiger charge is -2.06. The Labute approximate surface area is 72.5 Å². The van der Waals surface area contributed by atoms with Gasteiger partial charge in [-0.2, -0.15) is 0 Å². The second-order valence-corrected chi connectivity index (χ2v) is 2.92. The van der Waals surface area contributed by atoms with E-state index in [0.717, 1.165) is 17.8 Å². The molecule has 1 N–H and O–H groups in total. The lowest BCUT2D eigenvalue weighted by atomic mass is 10.1. The minimum atomic E-state index is -0.278. The molecule has 1 heterocycles. The van der Waals surface area contributed by atoms with E-state index in [-0.39, 0.29) is 6.10 Å². The predicted molar refractivity (Wildman–Crippen MR) is 46.8 cm³/mol. The van der Waals surface area contributed by atoms with Crippen LogP contribution in [0.1, 0.15) is 24.7 Å². The van der Waals surface area contributed by atoms with Crippen molar-refractivity contribution in [1.29, 1.82) is 0 Å². The van der Waals surface area contributed by atoms with Gasteiger partial charge < -0.3 is 5.11 Å². The monoisotopic (exact) mass is 166 g/mol. The van der Waals surface area contributed by atoms with Gasteiger partial charge in [0.05, 0.1) is 6.10 Å². The molecule has 12 heavy (non-hydrogen) atoms. The highest BCUT2D eigenvalue weighted by Crippen LogP contribution is 2.02. The Morgan fingerprint density at radius 3 is 2.83 bits per heavy atom. The van der Waals surface area contributed by atoms with Crippen LogP contribution in [-0.2, 0) is 6.42 Å². The lowest BCUT2D eigenvalue weighted by molar-refractivity contribution is 0.169. The molecule has 0 saturated carbocycles. The molecule has 66 valence electrons. The van der Waals surface area contributed by atoms with Crippen molar-refractivity contribution >= 4 is 0 Å². The quantitative estimate of drug-likeness (QED) is 0.731. The van der Waals surface area contributed by atoms with Gasteiger partial charge in [0.1, 0.15) is 6.33 Å². The first-order chi connectivity index (χ1) is 5.72. The zero-order valence-electron chi connectivity index (χ0n) is 7.49. The molecule has 0 aliphatic rings. The summed E-state index contributed by atoms with van der Waals surface area (Å²) in [4.78, 5) is 8.04. The molecule has 3 nitrogen and oxygen atoms in total. The van der Waals surface area contributed by atoms with Crippen LogP contribution < -0.4 is 0 Å². The fourth-order valence-electron chi connectivity index (χ4n) is 1.01. The van der Waals surface area contributed by atoms with Crippen molar-refractivity contribution < 1.29 is 5.11 Å². The van der Waals surface area contributed by atoms with Gasteiger partial charge >= 0.3 is 0 Å². The third kappa shape index (κ3) is 2.58. The first-order valence-corrected chi connectivity index (χ1v) is 4.18. The van der Waals surface area contributed by atoms with Crippen LogP contribution in [-0.4, -0.2) is 21.2 Å². The number of aryl methyl sites for hydroxylation is 1.